The van der Waals surface area contributed by atoms with Crippen LogP contribution in [-0.2, 0) is 11.2 Å². The molecular formula is C14H11BrCl2F2N2O. The molecule has 22 heavy (non-hydrogen) atoms. The van der Waals surface area contributed by atoms with Crippen LogP contribution in [0, 0.1) is 0 Å². The maximum absolute atomic E-state index is 13.7. The Morgan fingerprint density at radius 2 is 2.14 bits per heavy atom. The Morgan fingerprint density at radius 1 is 1.45 bits per heavy atom. The number of halogens is 5. The van der Waals surface area contributed by atoms with E-state index >= 15 is 0 Å². The van der Waals surface area contributed by atoms with E-state index in [1.165, 1.54) is 0 Å². The summed E-state index contributed by atoms with van der Waals surface area (Å²) < 4.78 is 28.8. The fraction of sp³-hybridized carbons (Fsp3) is 0.357. The van der Waals surface area contributed by atoms with Gasteiger partial charge >= 0.3 is 6.55 Å². The molecule has 0 radical (unpaired) electrons. The third-order valence-electron chi connectivity index (χ3n) is 3.94. The summed E-state index contributed by atoms with van der Waals surface area (Å²) in [7, 11) is 0. The second-order valence-corrected chi connectivity index (χ2v) is 6.79. The number of aromatic nitrogens is 1. The molecule has 0 saturated heterocycles. The summed E-state index contributed by atoms with van der Waals surface area (Å²) in [5.74, 6) is -0.737. The van der Waals surface area contributed by atoms with E-state index in [2.05, 4.69) is 21.2 Å². The number of carbonyl (C=O) groups is 1. The summed E-state index contributed by atoms with van der Waals surface area (Å²) >= 11 is 15.6. The minimum atomic E-state index is -2.77. The van der Waals surface area contributed by atoms with Crippen LogP contribution < -0.4 is 5.32 Å². The molecule has 8 heteroatoms. The van der Waals surface area contributed by atoms with Gasteiger partial charge in [-0.1, -0.05) is 39.1 Å². The summed E-state index contributed by atoms with van der Waals surface area (Å²) in [6.07, 6.45) is 0.310. The summed E-state index contributed by atoms with van der Waals surface area (Å²) in [4.78, 5) is 12.1. The van der Waals surface area contributed by atoms with Gasteiger partial charge in [-0.2, -0.15) is 8.78 Å². The van der Waals surface area contributed by atoms with Gasteiger partial charge in [0.25, 0.3) is 0 Å². The second-order valence-electron chi connectivity index (χ2n) is 5.15. The van der Waals surface area contributed by atoms with Gasteiger partial charge in [-0.3, -0.25) is 9.36 Å². The first-order valence-corrected chi connectivity index (χ1v) is 8.15. The van der Waals surface area contributed by atoms with Crippen LogP contribution in [0.4, 0.5) is 8.78 Å². The molecule has 0 bridgehead atoms. The largest absolute Gasteiger partial charge is 0.355 e. The van der Waals surface area contributed by atoms with E-state index in [9.17, 15) is 13.6 Å². The van der Waals surface area contributed by atoms with Gasteiger partial charge in [0, 0.05) is 28.5 Å². The van der Waals surface area contributed by atoms with E-state index in [1.54, 1.807) is 13.0 Å². The normalized spacial score (nSPS) is 18.5. The van der Waals surface area contributed by atoms with Gasteiger partial charge < -0.3 is 5.32 Å². The molecule has 1 aliphatic rings. The zero-order chi connectivity index (χ0) is 16.2. The van der Waals surface area contributed by atoms with Crippen LogP contribution in [0.15, 0.2) is 10.5 Å². The Hall–Kier alpha value is -0.850. The van der Waals surface area contributed by atoms with E-state index in [-0.39, 0.29) is 21.5 Å². The standard InChI is InChI=1S/C14H11BrCl2F2N2O/c1-5-9-8(2-3-20-13(5)22)21(14(18)19)12-10(9)6(15)4-7(16)11(12)17/h4-5,14H,2-3H2,1H3,(H,20,22). The van der Waals surface area contributed by atoms with Crippen LogP contribution in [0.2, 0.25) is 10.0 Å². The topological polar surface area (TPSA) is 34.0 Å². The highest BCUT2D eigenvalue weighted by molar-refractivity contribution is 9.10. The maximum Gasteiger partial charge on any atom is 0.319 e. The van der Waals surface area contributed by atoms with Crippen LogP contribution in [0.25, 0.3) is 10.9 Å². The van der Waals surface area contributed by atoms with Crippen LogP contribution in [0.1, 0.15) is 30.6 Å². The van der Waals surface area contributed by atoms with Gasteiger partial charge in [-0.15, -0.1) is 0 Å². The lowest BCUT2D eigenvalue weighted by Crippen LogP contribution is -2.27. The first-order valence-electron chi connectivity index (χ1n) is 6.60. The van der Waals surface area contributed by atoms with Crippen molar-refractivity contribution in [3.63, 3.8) is 0 Å². The van der Waals surface area contributed by atoms with E-state index in [4.69, 9.17) is 23.2 Å². The number of nitrogens with zero attached hydrogens (tertiary/aromatic N) is 1. The van der Waals surface area contributed by atoms with E-state index in [0.717, 1.165) is 4.57 Å². The third-order valence-corrected chi connectivity index (χ3v) is 5.34. The molecule has 0 spiro atoms. The van der Waals surface area contributed by atoms with Gasteiger partial charge in [-0.05, 0) is 18.6 Å². The molecule has 0 fully saturated rings. The first-order chi connectivity index (χ1) is 10.3. The number of amides is 1. The summed E-state index contributed by atoms with van der Waals surface area (Å²) in [6, 6.07) is 1.57. The van der Waals surface area contributed by atoms with Crippen molar-refractivity contribution in [2.45, 2.75) is 25.8 Å². The van der Waals surface area contributed by atoms with Crippen molar-refractivity contribution < 1.29 is 13.6 Å². The van der Waals surface area contributed by atoms with Gasteiger partial charge in [0.2, 0.25) is 5.91 Å². The fourth-order valence-electron chi connectivity index (χ4n) is 3.00. The molecule has 118 valence electrons. The molecular weight excluding hydrogens is 401 g/mol. The molecule has 1 atom stereocenters. The molecule has 3 nitrogen and oxygen atoms in total. The highest BCUT2D eigenvalue weighted by atomic mass is 79.9. The molecule has 2 heterocycles. The Bertz CT molecular complexity index is 791. The molecule has 0 aliphatic carbocycles. The van der Waals surface area contributed by atoms with E-state index < -0.39 is 12.5 Å². The monoisotopic (exact) mass is 410 g/mol. The molecule has 1 unspecified atom stereocenters. The Morgan fingerprint density at radius 3 is 2.77 bits per heavy atom. The first kappa shape index (κ1) is 16.0. The van der Waals surface area contributed by atoms with Crippen LogP contribution in [-0.4, -0.2) is 17.0 Å². The summed E-state index contributed by atoms with van der Waals surface area (Å²) in [5, 5.41) is 3.51. The average Bonchev–Trinajstić information content (AvgIpc) is 2.72. The zero-order valence-corrected chi connectivity index (χ0v) is 14.5. The predicted octanol–water partition coefficient (Wildman–Crippen LogP) is 4.88. The predicted molar refractivity (Wildman–Crippen MR) is 86.0 cm³/mol. The van der Waals surface area contributed by atoms with Gasteiger partial charge in [0.1, 0.15) is 0 Å². The molecule has 1 aromatic carbocycles. The van der Waals surface area contributed by atoms with Crippen LogP contribution in [0.3, 0.4) is 0 Å². The van der Waals surface area contributed by atoms with Crippen molar-refractivity contribution in [1.82, 2.24) is 9.88 Å². The van der Waals surface area contributed by atoms with E-state index in [0.29, 0.717) is 34.1 Å². The van der Waals surface area contributed by atoms with Crippen LogP contribution in [0.5, 0.6) is 0 Å². The van der Waals surface area contributed by atoms with Crippen molar-refractivity contribution in [2.75, 3.05) is 6.54 Å². The molecule has 3 rings (SSSR count). The van der Waals surface area contributed by atoms with E-state index in [1.807, 2.05) is 0 Å². The quantitative estimate of drug-likeness (QED) is 0.666. The number of carbonyl (C=O) groups excluding carboxylic acids is 1. The number of benzene rings is 1. The van der Waals surface area contributed by atoms with Crippen molar-refractivity contribution in [3.05, 3.63) is 31.8 Å². The molecule has 1 aliphatic heterocycles. The number of hydrogen-bond donors (Lipinski definition) is 1. The average molecular weight is 412 g/mol. The SMILES string of the molecule is CC1C(=O)NCCc2c1c1c(Br)cc(Cl)c(Cl)c1n2C(F)F. The van der Waals surface area contributed by atoms with Gasteiger partial charge in [0.05, 0.1) is 21.5 Å². The lowest BCUT2D eigenvalue weighted by molar-refractivity contribution is -0.121. The number of hydrogen-bond acceptors (Lipinski definition) is 1. The zero-order valence-electron chi connectivity index (χ0n) is 11.4. The maximum atomic E-state index is 13.7. The van der Waals surface area contributed by atoms with Crippen molar-refractivity contribution in [1.29, 1.82) is 0 Å². The number of rotatable bonds is 1. The lowest BCUT2D eigenvalue weighted by Gasteiger charge is -2.11. The number of nitrogens with one attached hydrogen (secondary N) is 1. The lowest BCUT2D eigenvalue weighted by atomic mass is 9.97. The minimum absolute atomic E-state index is 0.0702. The summed E-state index contributed by atoms with van der Waals surface area (Å²) in [5.41, 5.74) is 1.17. The fourth-order valence-corrected chi connectivity index (χ4v) is 4.20. The highest BCUT2D eigenvalue weighted by Crippen LogP contribution is 2.45. The van der Waals surface area contributed by atoms with Gasteiger partial charge in [-0.25, -0.2) is 0 Å². The summed E-state index contributed by atoms with van der Waals surface area (Å²) in [6.45, 7) is -0.763. The molecule has 2 aromatic rings. The second kappa shape index (κ2) is 5.65. The minimum Gasteiger partial charge on any atom is -0.355 e. The van der Waals surface area contributed by atoms with Gasteiger partial charge in [0.15, 0.2) is 0 Å². The van der Waals surface area contributed by atoms with Crippen molar-refractivity contribution in [2.24, 2.45) is 0 Å². The molecule has 1 aromatic heterocycles. The Labute approximate surface area is 143 Å². The Kier molecular flexibility index (Phi) is 4.12. The smallest absolute Gasteiger partial charge is 0.319 e. The highest BCUT2D eigenvalue weighted by Gasteiger charge is 2.32. The van der Waals surface area contributed by atoms with Crippen molar-refractivity contribution >= 4 is 55.9 Å². The number of fused-ring (bicyclic) bond motifs is 3. The Balaban J connectivity index is 2.52. The van der Waals surface area contributed by atoms with Crippen LogP contribution >= 0.6 is 39.1 Å². The molecule has 0 saturated carbocycles. The van der Waals surface area contributed by atoms with Crippen molar-refractivity contribution in [3.8, 4) is 0 Å². The number of alkyl halides is 2. The molecule has 1 N–H and O–H groups in total. The third kappa shape index (κ3) is 2.23. The molecule has 1 amide bonds.